The van der Waals surface area contributed by atoms with E-state index in [-0.39, 0.29) is 13.2 Å². The van der Waals surface area contributed by atoms with Gasteiger partial charge in [-0.05, 0) is 12.1 Å². The van der Waals surface area contributed by atoms with Crippen molar-refractivity contribution in [1.29, 1.82) is 0 Å². The molecule has 0 saturated heterocycles. The van der Waals surface area contributed by atoms with Crippen LogP contribution in [0.15, 0.2) is 18.2 Å². The Labute approximate surface area is 108 Å². The van der Waals surface area contributed by atoms with Gasteiger partial charge in [0.25, 0.3) is 10.1 Å². The molecule has 0 aliphatic rings. The van der Waals surface area contributed by atoms with Crippen LogP contribution in [-0.2, 0) is 14.3 Å². The summed E-state index contributed by atoms with van der Waals surface area (Å²) in [4.78, 5) is 10.2. The molecule has 1 rings (SSSR count). The van der Waals surface area contributed by atoms with E-state index in [4.69, 9.17) is 10.2 Å². The van der Waals surface area contributed by atoms with Crippen molar-refractivity contribution < 1.29 is 36.4 Å². The molecule has 19 heavy (non-hydrogen) atoms. The number of halogens is 2. The van der Waals surface area contributed by atoms with Gasteiger partial charge in [-0.25, -0.2) is 13.6 Å². The fourth-order valence-corrected chi connectivity index (χ4v) is 1.27. The van der Waals surface area contributed by atoms with E-state index < -0.39 is 33.3 Å². The first-order chi connectivity index (χ1) is 8.69. The van der Waals surface area contributed by atoms with Crippen molar-refractivity contribution in [3.05, 3.63) is 35.4 Å². The van der Waals surface area contributed by atoms with Gasteiger partial charge in [-0.1, -0.05) is 6.07 Å². The molecule has 0 spiro atoms. The Bertz CT molecular complexity index is 509. The van der Waals surface area contributed by atoms with Crippen molar-refractivity contribution in [3.63, 3.8) is 0 Å². The van der Waals surface area contributed by atoms with Crippen molar-refractivity contribution >= 4 is 16.1 Å². The van der Waals surface area contributed by atoms with Gasteiger partial charge in [-0.15, -0.1) is 0 Å². The molecule has 0 aliphatic heterocycles. The molecule has 0 amide bonds. The predicted molar refractivity (Wildman–Crippen MR) is 61.2 cm³/mol. The number of benzene rings is 1. The van der Waals surface area contributed by atoms with E-state index in [2.05, 4.69) is 4.18 Å². The van der Waals surface area contributed by atoms with Crippen LogP contribution in [0, 0.1) is 11.6 Å². The second-order valence-electron chi connectivity index (χ2n) is 3.15. The minimum absolute atomic E-state index is 0.154. The fraction of sp³-hybridized carbons (Fsp3) is 0.300. The molecule has 0 aliphatic carbocycles. The van der Waals surface area contributed by atoms with Crippen LogP contribution >= 0.6 is 0 Å². The first-order valence-corrected chi connectivity index (χ1v) is 6.63. The Kier molecular flexibility index (Phi) is 7.12. The molecule has 2 N–H and O–H groups in total. The van der Waals surface area contributed by atoms with Gasteiger partial charge in [0, 0.05) is 0 Å². The van der Waals surface area contributed by atoms with Gasteiger partial charge < -0.3 is 10.2 Å². The van der Waals surface area contributed by atoms with Crippen molar-refractivity contribution in [1.82, 2.24) is 0 Å². The topological polar surface area (TPSA) is 101 Å². The zero-order chi connectivity index (χ0) is 15.1. The maximum atomic E-state index is 12.5. The highest BCUT2D eigenvalue weighted by Gasteiger charge is 2.14. The maximum Gasteiger partial charge on any atom is 0.341 e. The SMILES string of the molecule is CS(=O)(=O)OCCO.O=C(O)c1c(F)cccc1F. The van der Waals surface area contributed by atoms with Crippen molar-refractivity contribution in [3.8, 4) is 0 Å². The number of aliphatic hydroxyl groups is 1. The number of rotatable bonds is 4. The second kappa shape index (κ2) is 7.77. The normalized spacial score (nSPS) is 10.5. The molecule has 108 valence electrons. The number of carbonyl (C=O) groups is 1. The molecule has 0 saturated carbocycles. The Morgan fingerprint density at radius 1 is 1.32 bits per heavy atom. The third kappa shape index (κ3) is 7.44. The maximum absolute atomic E-state index is 12.5. The molecule has 9 heteroatoms. The molecule has 6 nitrogen and oxygen atoms in total. The number of hydrogen-bond acceptors (Lipinski definition) is 5. The van der Waals surface area contributed by atoms with Gasteiger partial charge in [0.2, 0.25) is 0 Å². The van der Waals surface area contributed by atoms with Crippen LogP contribution in [0.2, 0.25) is 0 Å². The van der Waals surface area contributed by atoms with Crippen LogP contribution < -0.4 is 0 Å². The lowest BCUT2D eigenvalue weighted by atomic mass is 10.2. The van der Waals surface area contributed by atoms with Gasteiger partial charge in [-0.3, -0.25) is 4.18 Å². The summed E-state index contributed by atoms with van der Waals surface area (Å²) in [6.45, 7) is -0.425. The first-order valence-electron chi connectivity index (χ1n) is 4.81. The van der Waals surface area contributed by atoms with E-state index in [1.807, 2.05) is 0 Å². The summed E-state index contributed by atoms with van der Waals surface area (Å²) >= 11 is 0. The van der Waals surface area contributed by atoms with E-state index in [1.54, 1.807) is 0 Å². The zero-order valence-corrected chi connectivity index (χ0v) is 10.7. The highest BCUT2D eigenvalue weighted by Crippen LogP contribution is 2.10. The van der Waals surface area contributed by atoms with E-state index in [9.17, 15) is 22.0 Å². The van der Waals surface area contributed by atoms with Gasteiger partial charge in [0.1, 0.15) is 17.2 Å². The highest BCUT2D eigenvalue weighted by molar-refractivity contribution is 7.85. The molecule has 0 heterocycles. The minimum atomic E-state index is -3.35. The predicted octanol–water partition coefficient (Wildman–Crippen LogP) is 0.618. The van der Waals surface area contributed by atoms with Crippen LogP contribution in [0.25, 0.3) is 0 Å². The Morgan fingerprint density at radius 2 is 1.79 bits per heavy atom. The summed E-state index contributed by atoms with van der Waals surface area (Å²) in [6, 6.07) is 2.90. The lowest BCUT2D eigenvalue weighted by Gasteiger charge is -1.96. The molecule has 1 aromatic rings. The largest absolute Gasteiger partial charge is 0.477 e. The monoisotopic (exact) mass is 298 g/mol. The molecule has 0 fully saturated rings. The number of aliphatic hydroxyl groups excluding tert-OH is 1. The van der Waals surface area contributed by atoms with Gasteiger partial charge in [0.15, 0.2) is 0 Å². The average molecular weight is 298 g/mol. The van der Waals surface area contributed by atoms with E-state index in [0.717, 1.165) is 24.5 Å². The summed E-state index contributed by atoms with van der Waals surface area (Å²) in [7, 11) is -3.35. The Balaban J connectivity index is 0.000000362. The summed E-state index contributed by atoms with van der Waals surface area (Å²) in [6.07, 6.45) is 0.933. The first kappa shape index (κ1) is 17.4. The quantitative estimate of drug-likeness (QED) is 0.790. The van der Waals surface area contributed by atoms with E-state index in [1.165, 1.54) is 0 Å². The number of carboxylic acid groups (broad SMARTS) is 1. The zero-order valence-electron chi connectivity index (χ0n) is 9.84. The van der Waals surface area contributed by atoms with Crippen LogP contribution in [0.1, 0.15) is 10.4 Å². The van der Waals surface area contributed by atoms with Crippen LogP contribution in [0.4, 0.5) is 8.78 Å². The minimum Gasteiger partial charge on any atom is -0.477 e. The number of carboxylic acids is 1. The van der Waals surface area contributed by atoms with E-state index >= 15 is 0 Å². The second-order valence-corrected chi connectivity index (χ2v) is 4.80. The summed E-state index contributed by atoms with van der Waals surface area (Å²) in [5.41, 5.74) is -0.910. The third-order valence-electron chi connectivity index (χ3n) is 1.57. The molecule has 0 aromatic heterocycles. The average Bonchev–Trinajstić information content (AvgIpc) is 2.25. The van der Waals surface area contributed by atoms with Crippen LogP contribution in [0.3, 0.4) is 0 Å². The summed E-state index contributed by atoms with van der Waals surface area (Å²) in [5.74, 6) is -3.71. The number of aromatic carboxylic acids is 1. The number of hydrogen-bond donors (Lipinski definition) is 2. The van der Waals surface area contributed by atoms with Crippen molar-refractivity contribution in [2.75, 3.05) is 19.5 Å². The van der Waals surface area contributed by atoms with Crippen molar-refractivity contribution in [2.45, 2.75) is 0 Å². The Hall–Kier alpha value is -1.58. The molecule has 1 aromatic carbocycles. The molecule has 0 atom stereocenters. The third-order valence-corrected chi connectivity index (χ3v) is 2.16. The Morgan fingerprint density at radius 3 is 2.00 bits per heavy atom. The molecule has 0 bridgehead atoms. The lowest BCUT2D eigenvalue weighted by Crippen LogP contribution is -2.06. The molecule has 0 unspecified atom stereocenters. The van der Waals surface area contributed by atoms with Gasteiger partial charge in [-0.2, -0.15) is 8.42 Å². The van der Waals surface area contributed by atoms with Gasteiger partial charge >= 0.3 is 5.97 Å². The fourth-order valence-electron chi connectivity index (χ4n) is 0.891. The smallest absolute Gasteiger partial charge is 0.341 e. The van der Waals surface area contributed by atoms with Gasteiger partial charge in [0.05, 0.1) is 19.5 Å². The standard InChI is InChI=1S/C7H4F2O2.C3H8O4S/c8-4-2-1-3-5(9)6(4)7(10)11;1-8(5,6)7-3-2-4/h1-3H,(H,10,11);4H,2-3H2,1H3. The van der Waals surface area contributed by atoms with Crippen LogP contribution in [-0.4, -0.2) is 44.1 Å². The summed E-state index contributed by atoms with van der Waals surface area (Å²) < 4.78 is 49.2. The lowest BCUT2D eigenvalue weighted by molar-refractivity contribution is 0.0686. The molecular weight excluding hydrogens is 286 g/mol. The molecule has 0 radical (unpaired) electrons. The van der Waals surface area contributed by atoms with Crippen LogP contribution in [0.5, 0.6) is 0 Å². The summed E-state index contributed by atoms with van der Waals surface area (Å²) in [5, 5.41) is 16.3. The van der Waals surface area contributed by atoms with E-state index in [0.29, 0.717) is 0 Å². The van der Waals surface area contributed by atoms with Crippen molar-refractivity contribution in [2.24, 2.45) is 0 Å². The molecular formula is C10H12F2O6S. The highest BCUT2D eigenvalue weighted by atomic mass is 32.2.